The van der Waals surface area contributed by atoms with Crippen LogP contribution in [0.5, 0.6) is 0 Å². The van der Waals surface area contributed by atoms with Gasteiger partial charge in [0.1, 0.15) is 0 Å². The normalized spacial score (nSPS) is 25.8. The summed E-state index contributed by atoms with van der Waals surface area (Å²) in [7, 11) is 2.26. The molecule has 0 heterocycles. The Morgan fingerprint density at radius 1 is 1.24 bits per heavy atom. The fourth-order valence-electron chi connectivity index (χ4n) is 2.48. The van der Waals surface area contributed by atoms with Crippen LogP contribution in [0.2, 0.25) is 0 Å². The van der Waals surface area contributed by atoms with Gasteiger partial charge in [-0.1, -0.05) is 13.8 Å². The minimum Gasteiger partial charge on any atom is -0.396 e. The van der Waals surface area contributed by atoms with Crippen molar-refractivity contribution in [3.8, 4) is 0 Å². The smallest absolute Gasteiger partial charge is 0.0459 e. The van der Waals surface area contributed by atoms with Crippen LogP contribution in [0.4, 0.5) is 0 Å². The van der Waals surface area contributed by atoms with Crippen LogP contribution in [-0.4, -0.2) is 47.8 Å². The van der Waals surface area contributed by atoms with Crippen LogP contribution in [0.15, 0.2) is 0 Å². The molecule has 0 saturated heterocycles. The van der Waals surface area contributed by atoms with E-state index in [0.717, 1.165) is 12.0 Å². The largest absolute Gasteiger partial charge is 0.396 e. The SMILES string of the molecule is CC(C)CSCCN(C)C1CCC(CO)CC1. The van der Waals surface area contributed by atoms with Crippen LogP contribution in [0.3, 0.4) is 0 Å². The summed E-state index contributed by atoms with van der Waals surface area (Å²) in [6.07, 6.45) is 4.97. The second-order valence-electron chi connectivity index (χ2n) is 5.81. The highest BCUT2D eigenvalue weighted by molar-refractivity contribution is 7.99. The van der Waals surface area contributed by atoms with E-state index in [1.807, 2.05) is 0 Å². The summed E-state index contributed by atoms with van der Waals surface area (Å²) in [4.78, 5) is 2.53. The Labute approximate surface area is 111 Å². The average molecular weight is 259 g/mol. The first-order chi connectivity index (χ1) is 8.13. The third kappa shape index (κ3) is 6.12. The van der Waals surface area contributed by atoms with Gasteiger partial charge in [0, 0.05) is 24.9 Å². The summed E-state index contributed by atoms with van der Waals surface area (Å²) in [5.41, 5.74) is 0. The van der Waals surface area contributed by atoms with E-state index in [4.69, 9.17) is 5.11 Å². The van der Waals surface area contributed by atoms with Crippen LogP contribution < -0.4 is 0 Å². The van der Waals surface area contributed by atoms with Gasteiger partial charge in [-0.3, -0.25) is 0 Å². The molecule has 1 fully saturated rings. The molecular weight excluding hydrogens is 230 g/mol. The van der Waals surface area contributed by atoms with Gasteiger partial charge in [-0.15, -0.1) is 0 Å². The predicted octanol–water partition coefficient (Wildman–Crippen LogP) is 2.86. The molecule has 0 aromatic heterocycles. The van der Waals surface area contributed by atoms with Crippen molar-refractivity contribution in [1.29, 1.82) is 0 Å². The van der Waals surface area contributed by atoms with Crippen LogP contribution in [0.1, 0.15) is 39.5 Å². The van der Waals surface area contributed by atoms with Crippen molar-refractivity contribution < 1.29 is 5.11 Å². The van der Waals surface area contributed by atoms with Crippen LogP contribution >= 0.6 is 11.8 Å². The lowest BCUT2D eigenvalue weighted by molar-refractivity contribution is 0.132. The zero-order valence-electron chi connectivity index (χ0n) is 11.7. The number of nitrogens with zero attached hydrogens (tertiary/aromatic N) is 1. The summed E-state index contributed by atoms with van der Waals surface area (Å²) in [6, 6.07) is 0.762. The van der Waals surface area contributed by atoms with Crippen molar-refractivity contribution in [2.24, 2.45) is 11.8 Å². The molecule has 17 heavy (non-hydrogen) atoms. The van der Waals surface area contributed by atoms with Gasteiger partial charge in [0.15, 0.2) is 0 Å². The van der Waals surface area contributed by atoms with Gasteiger partial charge in [0.25, 0.3) is 0 Å². The molecule has 1 saturated carbocycles. The van der Waals surface area contributed by atoms with Gasteiger partial charge >= 0.3 is 0 Å². The van der Waals surface area contributed by atoms with Crippen molar-refractivity contribution in [2.75, 3.05) is 31.7 Å². The monoisotopic (exact) mass is 259 g/mol. The Morgan fingerprint density at radius 3 is 2.41 bits per heavy atom. The third-order valence-corrected chi connectivity index (χ3v) is 5.11. The average Bonchev–Trinajstić information content (AvgIpc) is 2.34. The number of aliphatic hydroxyl groups is 1. The van der Waals surface area contributed by atoms with E-state index in [2.05, 4.69) is 37.6 Å². The van der Waals surface area contributed by atoms with E-state index < -0.39 is 0 Å². The van der Waals surface area contributed by atoms with E-state index in [-0.39, 0.29) is 0 Å². The Morgan fingerprint density at radius 2 is 1.88 bits per heavy atom. The molecule has 0 aromatic rings. The van der Waals surface area contributed by atoms with Gasteiger partial charge in [-0.2, -0.15) is 11.8 Å². The summed E-state index contributed by atoms with van der Waals surface area (Å²) in [5, 5.41) is 9.12. The van der Waals surface area contributed by atoms with Crippen LogP contribution in [0.25, 0.3) is 0 Å². The lowest BCUT2D eigenvalue weighted by atomic mass is 9.86. The molecule has 3 heteroatoms. The fraction of sp³-hybridized carbons (Fsp3) is 1.00. The summed E-state index contributed by atoms with van der Waals surface area (Å²) in [6.45, 7) is 6.17. The molecule has 0 bridgehead atoms. The van der Waals surface area contributed by atoms with Gasteiger partial charge in [-0.25, -0.2) is 0 Å². The van der Waals surface area contributed by atoms with Crippen LogP contribution in [-0.2, 0) is 0 Å². The molecule has 1 aliphatic carbocycles. The molecular formula is C14H29NOS. The number of aliphatic hydroxyl groups excluding tert-OH is 1. The lowest BCUT2D eigenvalue weighted by Crippen LogP contribution is -2.37. The maximum atomic E-state index is 9.12. The molecule has 0 spiro atoms. The molecule has 102 valence electrons. The molecule has 2 nitrogen and oxygen atoms in total. The first-order valence-corrected chi connectivity index (χ1v) is 8.17. The van der Waals surface area contributed by atoms with Crippen molar-refractivity contribution >= 4 is 11.8 Å². The van der Waals surface area contributed by atoms with E-state index in [0.29, 0.717) is 12.5 Å². The molecule has 0 unspecified atom stereocenters. The Kier molecular flexibility index (Phi) is 7.56. The molecule has 1 N–H and O–H groups in total. The van der Waals surface area contributed by atoms with E-state index in [1.54, 1.807) is 0 Å². The molecule has 0 aromatic carbocycles. The molecule has 0 amide bonds. The number of rotatable bonds is 7. The van der Waals surface area contributed by atoms with Gasteiger partial charge in [0.05, 0.1) is 0 Å². The summed E-state index contributed by atoms with van der Waals surface area (Å²) >= 11 is 2.08. The molecule has 0 radical (unpaired) electrons. The quantitative estimate of drug-likeness (QED) is 0.711. The second kappa shape index (κ2) is 8.39. The second-order valence-corrected chi connectivity index (χ2v) is 6.96. The highest BCUT2D eigenvalue weighted by Gasteiger charge is 2.23. The van der Waals surface area contributed by atoms with E-state index >= 15 is 0 Å². The van der Waals surface area contributed by atoms with Crippen molar-refractivity contribution in [2.45, 2.75) is 45.6 Å². The Hall–Kier alpha value is 0.270. The van der Waals surface area contributed by atoms with Gasteiger partial charge < -0.3 is 10.0 Å². The first-order valence-electron chi connectivity index (χ1n) is 7.02. The molecule has 0 atom stereocenters. The number of hydrogen-bond acceptors (Lipinski definition) is 3. The van der Waals surface area contributed by atoms with E-state index in [9.17, 15) is 0 Å². The Bertz CT molecular complexity index is 191. The van der Waals surface area contributed by atoms with Crippen molar-refractivity contribution in [3.63, 3.8) is 0 Å². The third-order valence-electron chi connectivity index (χ3n) is 3.74. The minimum atomic E-state index is 0.390. The van der Waals surface area contributed by atoms with Gasteiger partial charge in [0.2, 0.25) is 0 Å². The standard InChI is InChI=1S/C14H29NOS/c1-12(2)11-17-9-8-15(3)14-6-4-13(10-16)5-7-14/h12-14,16H,4-11H2,1-3H3. The zero-order chi connectivity index (χ0) is 12.7. The summed E-state index contributed by atoms with van der Waals surface area (Å²) < 4.78 is 0. The highest BCUT2D eigenvalue weighted by Crippen LogP contribution is 2.26. The molecule has 0 aliphatic heterocycles. The zero-order valence-corrected chi connectivity index (χ0v) is 12.5. The molecule has 1 aliphatic rings. The van der Waals surface area contributed by atoms with Crippen LogP contribution in [0, 0.1) is 11.8 Å². The van der Waals surface area contributed by atoms with Crippen molar-refractivity contribution in [1.82, 2.24) is 4.90 Å². The maximum absolute atomic E-state index is 9.12. The van der Waals surface area contributed by atoms with Crippen molar-refractivity contribution in [3.05, 3.63) is 0 Å². The fourth-order valence-corrected chi connectivity index (χ4v) is 3.53. The minimum absolute atomic E-state index is 0.390. The number of thioether (sulfide) groups is 1. The topological polar surface area (TPSA) is 23.5 Å². The summed E-state index contributed by atoms with van der Waals surface area (Å²) in [5.74, 6) is 3.93. The van der Waals surface area contributed by atoms with E-state index in [1.165, 1.54) is 43.7 Å². The van der Waals surface area contributed by atoms with Gasteiger partial charge in [-0.05, 0) is 50.3 Å². The lowest BCUT2D eigenvalue weighted by Gasteiger charge is -2.34. The molecule has 1 rings (SSSR count). The maximum Gasteiger partial charge on any atom is 0.0459 e. The first kappa shape index (κ1) is 15.3. The predicted molar refractivity (Wildman–Crippen MR) is 77.6 cm³/mol. The number of hydrogen-bond donors (Lipinski definition) is 1. The Balaban J connectivity index is 2.09. The highest BCUT2D eigenvalue weighted by atomic mass is 32.2.